The van der Waals surface area contributed by atoms with Crippen molar-refractivity contribution in [2.45, 2.75) is 13.0 Å². The molecule has 1 aliphatic heterocycles. The van der Waals surface area contributed by atoms with E-state index in [4.69, 9.17) is 14.6 Å². The van der Waals surface area contributed by atoms with Gasteiger partial charge in [-0.3, -0.25) is 0 Å². The van der Waals surface area contributed by atoms with E-state index in [1.807, 2.05) is 30.3 Å². The van der Waals surface area contributed by atoms with Crippen molar-refractivity contribution in [3.63, 3.8) is 0 Å². The number of rotatable bonds is 5. The van der Waals surface area contributed by atoms with E-state index in [9.17, 15) is 9.18 Å². The smallest absolute Gasteiger partial charge is 0.335 e. The van der Waals surface area contributed by atoms with Gasteiger partial charge in [0.15, 0.2) is 0 Å². The highest BCUT2D eigenvalue weighted by molar-refractivity contribution is 5.87. The average molecular weight is 364 g/mol. The van der Waals surface area contributed by atoms with Gasteiger partial charge in [0.25, 0.3) is 0 Å². The lowest BCUT2D eigenvalue weighted by Gasteiger charge is -2.11. The third-order valence-corrected chi connectivity index (χ3v) is 4.49. The van der Waals surface area contributed by atoms with Crippen molar-refractivity contribution in [2.75, 3.05) is 6.61 Å². The van der Waals surface area contributed by atoms with Gasteiger partial charge in [-0.25, -0.2) is 9.18 Å². The van der Waals surface area contributed by atoms with Gasteiger partial charge < -0.3 is 14.6 Å². The zero-order valence-corrected chi connectivity index (χ0v) is 14.4. The van der Waals surface area contributed by atoms with Crippen LogP contribution in [-0.4, -0.2) is 17.7 Å². The number of aromatic carboxylic acids is 1. The van der Waals surface area contributed by atoms with E-state index in [1.165, 1.54) is 12.1 Å². The van der Waals surface area contributed by atoms with Crippen molar-refractivity contribution in [3.8, 4) is 22.6 Å². The number of carboxylic acid groups (broad SMARTS) is 1. The molecule has 1 aliphatic rings. The first-order chi connectivity index (χ1) is 13.1. The first kappa shape index (κ1) is 17.1. The van der Waals surface area contributed by atoms with Crippen LogP contribution in [0, 0.1) is 5.82 Å². The van der Waals surface area contributed by atoms with E-state index in [0.717, 1.165) is 34.4 Å². The zero-order valence-electron chi connectivity index (χ0n) is 14.4. The molecule has 1 heterocycles. The number of hydrogen-bond acceptors (Lipinski definition) is 3. The van der Waals surface area contributed by atoms with Crippen molar-refractivity contribution < 1.29 is 23.8 Å². The van der Waals surface area contributed by atoms with Crippen molar-refractivity contribution in [3.05, 3.63) is 83.2 Å². The van der Waals surface area contributed by atoms with E-state index >= 15 is 0 Å². The molecular formula is C22H17FO4. The molecule has 3 aromatic rings. The Balaban J connectivity index is 1.50. The summed E-state index contributed by atoms with van der Waals surface area (Å²) in [5, 5.41) is 9.04. The topological polar surface area (TPSA) is 55.8 Å². The molecule has 0 bridgehead atoms. The molecule has 4 rings (SSSR count). The van der Waals surface area contributed by atoms with Crippen LogP contribution in [0.5, 0.6) is 11.5 Å². The Morgan fingerprint density at radius 2 is 1.93 bits per heavy atom. The van der Waals surface area contributed by atoms with Gasteiger partial charge >= 0.3 is 5.97 Å². The molecule has 0 fully saturated rings. The maximum Gasteiger partial charge on any atom is 0.335 e. The molecule has 4 nitrogen and oxygen atoms in total. The Morgan fingerprint density at radius 3 is 2.70 bits per heavy atom. The van der Waals surface area contributed by atoms with Crippen molar-refractivity contribution in [2.24, 2.45) is 0 Å². The number of hydrogen-bond donors (Lipinski definition) is 1. The molecule has 0 radical (unpaired) electrons. The van der Waals surface area contributed by atoms with E-state index in [0.29, 0.717) is 12.4 Å². The van der Waals surface area contributed by atoms with Gasteiger partial charge in [-0.05, 0) is 47.5 Å². The van der Waals surface area contributed by atoms with Gasteiger partial charge in [-0.1, -0.05) is 24.3 Å². The second-order valence-electron chi connectivity index (χ2n) is 6.36. The summed E-state index contributed by atoms with van der Waals surface area (Å²) < 4.78 is 25.3. The fourth-order valence-corrected chi connectivity index (χ4v) is 3.18. The standard InChI is InChI=1S/C22H17FO4/c23-18-11-16-8-9-26-21(16)20(12-18)15-4-6-19(7-5-15)27-13-14-2-1-3-17(10-14)22(24)25/h1-7,10-12H,8-9,13H2,(H,24,25). The van der Waals surface area contributed by atoms with Crippen LogP contribution in [0.4, 0.5) is 4.39 Å². The van der Waals surface area contributed by atoms with Crippen LogP contribution in [0.2, 0.25) is 0 Å². The van der Waals surface area contributed by atoms with Crippen LogP contribution in [0.3, 0.4) is 0 Å². The highest BCUT2D eigenvalue weighted by atomic mass is 19.1. The molecule has 136 valence electrons. The number of carboxylic acids is 1. The van der Waals surface area contributed by atoms with Crippen molar-refractivity contribution in [1.82, 2.24) is 0 Å². The molecule has 0 aliphatic carbocycles. The molecule has 0 spiro atoms. The second kappa shape index (κ2) is 7.11. The van der Waals surface area contributed by atoms with Gasteiger partial charge in [0, 0.05) is 17.5 Å². The molecule has 3 aromatic carbocycles. The summed E-state index contributed by atoms with van der Waals surface area (Å²) in [6, 6.07) is 17.0. The predicted octanol–water partition coefficient (Wildman–Crippen LogP) is 4.70. The molecular weight excluding hydrogens is 347 g/mol. The number of fused-ring (bicyclic) bond motifs is 1. The summed E-state index contributed by atoms with van der Waals surface area (Å²) in [5.74, 6) is 0.155. The maximum atomic E-state index is 13.9. The van der Waals surface area contributed by atoms with Gasteiger partial charge in [-0.2, -0.15) is 0 Å². The molecule has 0 aromatic heterocycles. The molecule has 0 saturated carbocycles. The summed E-state index contributed by atoms with van der Waals surface area (Å²) in [4.78, 5) is 11.0. The van der Waals surface area contributed by atoms with Crippen molar-refractivity contribution >= 4 is 5.97 Å². The van der Waals surface area contributed by atoms with Crippen LogP contribution >= 0.6 is 0 Å². The molecule has 0 amide bonds. The Hall–Kier alpha value is -3.34. The zero-order chi connectivity index (χ0) is 18.8. The van der Waals surface area contributed by atoms with Crippen LogP contribution in [0.1, 0.15) is 21.5 Å². The minimum Gasteiger partial charge on any atom is -0.492 e. The second-order valence-corrected chi connectivity index (χ2v) is 6.36. The average Bonchev–Trinajstić information content (AvgIpc) is 3.14. The van der Waals surface area contributed by atoms with E-state index in [2.05, 4.69) is 0 Å². The quantitative estimate of drug-likeness (QED) is 0.713. The Bertz CT molecular complexity index is 996. The molecule has 27 heavy (non-hydrogen) atoms. The monoisotopic (exact) mass is 364 g/mol. The molecule has 0 atom stereocenters. The minimum absolute atomic E-state index is 0.228. The SMILES string of the molecule is O=C(O)c1cccc(COc2ccc(-c3cc(F)cc4c3OCC4)cc2)c1. The fourth-order valence-electron chi connectivity index (χ4n) is 3.18. The molecule has 0 saturated heterocycles. The summed E-state index contributed by atoms with van der Waals surface area (Å²) >= 11 is 0. The number of benzene rings is 3. The van der Waals surface area contributed by atoms with Gasteiger partial charge in [-0.15, -0.1) is 0 Å². The molecule has 5 heteroatoms. The maximum absolute atomic E-state index is 13.9. The normalized spacial score (nSPS) is 12.3. The summed E-state index contributed by atoms with van der Waals surface area (Å²) in [5.41, 5.74) is 3.49. The fraction of sp³-hybridized carbons (Fsp3) is 0.136. The third-order valence-electron chi connectivity index (χ3n) is 4.49. The van der Waals surface area contributed by atoms with Crippen LogP contribution in [0.25, 0.3) is 11.1 Å². The lowest BCUT2D eigenvalue weighted by molar-refractivity contribution is 0.0696. The Kier molecular flexibility index (Phi) is 4.50. The lowest BCUT2D eigenvalue weighted by atomic mass is 10.0. The van der Waals surface area contributed by atoms with Gasteiger partial charge in [0.2, 0.25) is 0 Å². The molecule has 1 N–H and O–H groups in total. The Morgan fingerprint density at radius 1 is 1.11 bits per heavy atom. The summed E-state index contributed by atoms with van der Waals surface area (Å²) in [6.07, 6.45) is 0.719. The van der Waals surface area contributed by atoms with Crippen LogP contribution < -0.4 is 9.47 Å². The molecule has 0 unspecified atom stereocenters. The first-order valence-corrected chi connectivity index (χ1v) is 8.61. The Labute approximate surface area is 155 Å². The van der Waals surface area contributed by atoms with E-state index in [1.54, 1.807) is 18.2 Å². The highest BCUT2D eigenvalue weighted by Gasteiger charge is 2.19. The minimum atomic E-state index is -0.967. The summed E-state index contributed by atoms with van der Waals surface area (Å²) in [7, 11) is 0. The van der Waals surface area contributed by atoms with E-state index in [-0.39, 0.29) is 18.0 Å². The number of carbonyl (C=O) groups is 1. The van der Waals surface area contributed by atoms with E-state index < -0.39 is 5.97 Å². The van der Waals surface area contributed by atoms with Gasteiger partial charge in [0.05, 0.1) is 12.2 Å². The van der Waals surface area contributed by atoms with Crippen LogP contribution in [0.15, 0.2) is 60.7 Å². The number of ether oxygens (including phenoxy) is 2. The van der Waals surface area contributed by atoms with Crippen LogP contribution in [-0.2, 0) is 13.0 Å². The largest absolute Gasteiger partial charge is 0.492 e. The lowest BCUT2D eigenvalue weighted by Crippen LogP contribution is -2.00. The first-order valence-electron chi connectivity index (χ1n) is 8.61. The summed E-state index contributed by atoms with van der Waals surface area (Å²) in [6.45, 7) is 0.835. The van der Waals surface area contributed by atoms with Gasteiger partial charge in [0.1, 0.15) is 23.9 Å². The number of halogens is 1. The predicted molar refractivity (Wildman–Crippen MR) is 98.8 cm³/mol. The van der Waals surface area contributed by atoms with Crippen molar-refractivity contribution in [1.29, 1.82) is 0 Å². The third kappa shape index (κ3) is 3.62. The highest BCUT2D eigenvalue weighted by Crippen LogP contribution is 2.38.